The smallest absolute Gasteiger partial charge is 0.0418 e. The molecule has 0 spiro atoms. The normalized spacial score (nSPS) is 12.4. The third-order valence-corrected chi connectivity index (χ3v) is 5.20. The Hall–Kier alpha value is -1.25. The molecule has 0 heterocycles. The van der Waals surface area contributed by atoms with Gasteiger partial charge in [0.15, 0.2) is 0 Å². The molecule has 1 nitrogen and oxygen atoms in total. The van der Waals surface area contributed by atoms with Crippen LogP contribution < -0.4 is 5.32 Å². The Labute approximate surface area is 133 Å². The van der Waals surface area contributed by atoms with E-state index in [9.17, 15) is 0 Å². The van der Waals surface area contributed by atoms with E-state index in [1.165, 1.54) is 32.7 Å². The molecule has 0 aliphatic carbocycles. The van der Waals surface area contributed by atoms with Gasteiger partial charge >= 0.3 is 0 Å². The van der Waals surface area contributed by atoms with Gasteiger partial charge in [-0.3, -0.25) is 0 Å². The Bertz CT molecular complexity index is 596. The second-order valence-electron chi connectivity index (χ2n) is 5.73. The van der Waals surface area contributed by atoms with Gasteiger partial charge in [-0.25, -0.2) is 0 Å². The van der Waals surface area contributed by atoms with E-state index < -0.39 is 0 Å². The zero-order valence-electron chi connectivity index (χ0n) is 13.7. The summed E-state index contributed by atoms with van der Waals surface area (Å²) >= 11 is 1.93. The van der Waals surface area contributed by atoms with Crippen LogP contribution in [0.2, 0.25) is 0 Å². The van der Waals surface area contributed by atoms with Crippen LogP contribution in [0.15, 0.2) is 41.3 Å². The van der Waals surface area contributed by atoms with E-state index in [-0.39, 0.29) is 0 Å². The fourth-order valence-electron chi connectivity index (χ4n) is 2.94. The van der Waals surface area contributed by atoms with Crippen LogP contribution in [0.1, 0.15) is 33.9 Å². The van der Waals surface area contributed by atoms with Crippen LogP contribution >= 0.6 is 11.8 Å². The summed E-state index contributed by atoms with van der Waals surface area (Å²) in [6, 6.07) is 13.6. The lowest BCUT2D eigenvalue weighted by molar-refractivity contribution is 0.653. The molecule has 1 atom stereocenters. The van der Waals surface area contributed by atoms with Crippen molar-refractivity contribution in [3.8, 4) is 0 Å². The SMILES string of the molecule is CNC(CSc1ccccc1C)c1c(C)cc(C)cc1C. The molecule has 0 saturated carbocycles. The molecule has 21 heavy (non-hydrogen) atoms. The van der Waals surface area contributed by atoms with Gasteiger partial charge in [0.25, 0.3) is 0 Å². The molecule has 2 aromatic carbocycles. The lowest BCUT2D eigenvalue weighted by Crippen LogP contribution is -2.21. The van der Waals surface area contributed by atoms with Crippen LogP contribution in [0.3, 0.4) is 0 Å². The van der Waals surface area contributed by atoms with Crippen molar-refractivity contribution >= 4 is 11.8 Å². The minimum atomic E-state index is 0.384. The molecule has 0 saturated heterocycles. The average molecular weight is 299 g/mol. The summed E-state index contributed by atoms with van der Waals surface area (Å²) in [4.78, 5) is 1.38. The number of nitrogens with one attached hydrogen (secondary N) is 1. The quantitative estimate of drug-likeness (QED) is 0.782. The van der Waals surface area contributed by atoms with Gasteiger partial charge in [0.05, 0.1) is 0 Å². The van der Waals surface area contributed by atoms with Crippen molar-refractivity contribution in [2.45, 2.75) is 38.6 Å². The van der Waals surface area contributed by atoms with Crippen molar-refractivity contribution in [3.05, 3.63) is 64.2 Å². The minimum absolute atomic E-state index is 0.384. The van der Waals surface area contributed by atoms with Gasteiger partial charge in [0.1, 0.15) is 0 Å². The Morgan fingerprint density at radius 3 is 2.14 bits per heavy atom. The van der Waals surface area contributed by atoms with E-state index in [4.69, 9.17) is 0 Å². The maximum atomic E-state index is 3.49. The highest BCUT2D eigenvalue weighted by molar-refractivity contribution is 7.99. The highest BCUT2D eigenvalue weighted by atomic mass is 32.2. The van der Waals surface area contributed by atoms with Crippen molar-refractivity contribution in [3.63, 3.8) is 0 Å². The number of rotatable bonds is 5. The maximum absolute atomic E-state index is 3.49. The molecule has 1 N–H and O–H groups in total. The third-order valence-electron chi connectivity index (χ3n) is 3.93. The highest BCUT2D eigenvalue weighted by Crippen LogP contribution is 2.30. The van der Waals surface area contributed by atoms with Crippen molar-refractivity contribution < 1.29 is 0 Å². The molecule has 2 aromatic rings. The molecular weight excluding hydrogens is 274 g/mol. The van der Waals surface area contributed by atoms with Gasteiger partial charge in [0.2, 0.25) is 0 Å². The largest absolute Gasteiger partial charge is 0.312 e. The summed E-state index contributed by atoms with van der Waals surface area (Å²) < 4.78 is 0. The molecule has 0 radical (unpaired) electrons. The Kier molecular flexibility index (Phi) is 5.49. The number of thioether (sulfide) groups is 1. The van der Waals surface area contributed by atoms with Crippen molar-refractivity contribution in [2.24, 2.45) is 0 Å². The summed E-state index contributed by atoms with van der Waals surface area (Å²) in [7, 11) is 2.06. The predicted molar refractivity (Wildman–Crippen MR) is 94.4 cm³/mol. The Balaban J connectivity index is 2.20. The molecule has 2 heteroatoms. The van der Waals surface area contributed by atoms with E-state index in [1.807, 2.05) is 11.8 Å². The molecule has 1 unspecified atom stereocenters. The lowest BCUT2D eigenvalue weighted by atomic mass is 9.95. The van der Waals surface area contributed by atoms with E-state index >= 15 is 0 Å². The number of hydrogen-bond donors (Lipinski definition) is 1. The van der Waals surface area contributed by atoms with Crippen LogP contribution in [-0.4, -0.2) is 12.8 Å². The first-order valence-electron chi connectivity index (χ1n) is 7.46. The fraction of sp³-hybridized carbons (Fsp3) is 0.368. The molecule has 0 aliphatic rings. The molecule has 2 rings (SSSR count). The van der Waals surface area contributed by atoms with Crippen molar-refractivity contribution in [1.29, 1.82) is 0 Å². The van der Waals surface area contributed by atoms with E-state index in [0.717, 1.165) is 5.75 Å². The first-order chi connectivity index (χ1) is 10.0. The second kappa shape index (κ2) is 7.15. The summed E-state index contributed by atoms with van der Waals surface area (Å²) in [6.45, 7) is 8.79. The monoisotopic (exact) mass is 299 g/mol. The van der Waals surface area contributed by atoms with Crippen molar-refractivity contribution in [2.75, 3.05) is 12.8 Å². The van der Waals surface area contributed by atoms with Crippen LogP contribution in [-0.2, 0) is 0 Å². The van der Waals surface area contributed by atoms with Gasteiger partial charge < -0.3 is 5.32 Å². The average Bonchev–Trinajstić information content (AvgIpc) is 2.43. The summed E-state index contributed by atoms with van der Waals surface area (Å²) in [5.74, 6) is 1.05. The minimum Gasteiger partial charge on any atom is -0.312 e. The topological polar surface area (TPSA) is 12.0 Å². The molecule has 0 fully saturated rings. The molecular formula is C19H25NS. The van der Waals surface area contributed by atoms with Crippen LogP contribution in [0.4, 0.5) is 0 Å². The van der Waals surface area contributed by atoms with E-state index in [1.54, 1.807) is 0 Å². The molecule has 0 amide bonds. The molecule has 112 valence electrons. The molecule has 0 aromatic heterocycles. The van der Waals surface area contributed by atoms with E-state index in [2.05, 4.69) is 76.5 Å². The molecule has 0 aliphatic heterocycles. The van der Waals surface area contributed by atoms with Gasteiger partial charge in [-0.2, -0.15) is 0 Å². The van der Waals surface area contributed by atoms with Crippen LogP contribution in [0.25, 0.3) is 0 Å². The highest BCUT2D eigenvalue weighted by Gasteiger charge is 2.15. The molecule has 0 bridgehead atoms. The standard InChI is InChI=1S/C19H25NS/c1-13-10-15(3)19(16(4)11-13)17(20-5)12-21-18-9-7-6-8-14(18)2/h6-11,17,20H,12H2,1-5H3. The zero-order valence-corrected chi connectivity index (χ0v) is 14.5. The second-order valence-corrected chi connectivity index (χ2v) is 6.79. The van der Waals surface area contributed by atoms with Gasteiger partial charge in [-0.05, 0) is 63.1 Å². The summed E-state index contributed by atoms with van der Waals surface area (Å²) in [6.07, 6.45) is 0. The zero-order chi connectivity index (χ0) is 15.4. The van der Waals surface area contributed by atoms with E-state index in [0.29, 0.717) is 6.04 Å². The van der Waals surface area contributed by atoms with Gasteiger partial charge in [-0.15, -0.1) is 11.8 Å². The van der Waals surface area contributed by atoms with Crippen LogP contribution in [0, 0.1) is 27.7 Å². The summed E-state index contributed by atoms with van der Waals surface area (Å²) in [5.41, 5.74) is 6.92. The predicted octanol–water partition coefficient (Wildman–Crippen LogP) is 4.97. The van der Waals surface area contributed by atoms with Gasteiger partial charge in [-0.1, -0.05) is 35.9 Å². The summed E-state index contributed by atoms with van der Waals surface area (Å²) in [5, 5.41) is 3.49. The number of aryl methyl sites for hydroxylation is 4. The first-order valence-corrected chi connectivity index (χ1v) is 8.45. The maximum Gasteiger partial charge on any atom is 0.0418 e. The van der Waals surface area contributed by atoms with Crippen molar-refractivity contribution in [1.82, 2.24) is 5.32 Å². The fourth-order valence-corrected chi connectivity index (χ4v) is 4.09. The Morgan fingerprint density at radius 2 is 1.57 bits per heavy atom. The Morgan fingerprint density at radius 1 is 0.952 bits per heavy atom. The van der Waals surface area contributed by atoms with Gasteiger partial charge in [0, 0.05) is 16.7 Å². The number of benzene rings is 2. The third kappa shape index (κ3) is 3.90. The first kappa shape index (κ1) is 16.1. The number of hydrogen-bond acceptors (Lipinski definition) is 2. The van der Waals surface area contributed by atoms with Crippen LogP contribution in [0.5, 0.6) is 0 Å². The lowest BCUT2D eigenvalue weighted by Gasteiger charge is -2.22.